The van der Waals surface area contributed by atoms with Crippen molar-refractivity contribution in [1.82, 2.24) is 4.72 Å². The molecule has 0 aliphatic rings. The van der Waals surface area contributed by atoms with E-state index in [1.165, 1.54) is 0 Å². The summed E-state index contributed by atoms with van der Waals surface area (Å²) in [5.41, 5.74) is 5.42. The first-order chi connectivity index (χ1) is 7.18. The minimum atomic E-state index is -3.12. The molecule has 0 aliphatic carbocycles. The van der Waals surface area contributed by atoms with Crippen LogP contribution in [0.5, 0.6) is 0 Å². The molecule has 0 rings (SSSR count). The molecule has 0 atom stereocenters. The summed E-state index contributed by atoms with van der Waals surface area (Å²) >= 11 is 0. The van der Waals surface area contributed by atoms with Crippen molar-refractivity contribution in [2.75, 3.05) is 18.8 Å². The lowest BCUT2D eigenvalue weighted by molar-refractivity contribution is 0.327. The van der Waals surface area contributed by atoms with Gasteiger partial charge in [-0.2, -0.15) is 0 Å². The Morgan fingerprint density at radius 3 is 2.31 bits per heavy atom. The van der Waals surface area contributed by atoms with Crippen molar-refractivity contribution in [3.05, 3.63) is 0 Å². The molecule has 0 aromatic heterocycles. The van der Waals surface area contributed by atoms with Gasteiger partial charge in [-0.1, -0.05) is 27.7 Å². The summed E-state index contributed by atoms with van der Waals surface area (Å²) in [6.45, 7) is 9.06. The fraction of sp³-hybridized carbons (Fsp3) is 1.00. The van der Waals surface area contributed by atoms with E-state index in [4.69, 9.17) is 5.73 Å². The van der Waals surface area contributed by atoms with Gasteiger partial charge < -0.3 is 5.73 Å². The fourth-order valence-electron chi connectivity index (χ4n) is 1.47. The zero-order valence-corrected chi connectivity index (χ0v) is 11.7. The van der Waals surface area contributed by atoms with Crippen LogP contribution in [-0.2, 0) is 10.0 Å². The minimum Gasteiger partial charge on any atom is -0.330 e. The molecule has 0 aromatic carbocycles. The standard InChI is InChI=1S/C11H26N2O2S/c1-10(2)8-16(14,15)13-9-11(3,4)6-5-7-12/h10,13H,5-9,12H2,1-4H3. The summed E-state index contributed by atoms with van der Waals surface area (Å²) in [5.74, 6) is 0.352. The monoisotopic (exact) mass is 250 g/mol. The van der Waals surface area contributed by atoms with Crippen molar-refractivity contribution in [2.45, 2.75) is 40.5 Å². The molecular formula is C11H26N2O2S. The Balaban J connectivity index is 4.12. The first-order valence-corrected chi connectivity index (χ1v) is 7.51. The van der Waals surface area contributed by atoms with E-state index in [0.717, 1.165) is 12.8 Å². The Morgan fingerprint density at radius 2 is 1.88 bits per heavy atom. The highest BCUT2D eigenvalue weighted by molar-refractivity contribution is 7.89. The Bertz CT molecular complexity index is 284. The molecule has 16 heavy (non-hydrogen) atoms. The molecule has 98 valence electrons. The third kappa shape index (κ3) is 8.07. The van der Waals surface area contributed by atoms with Crippen molar-refractivity contribution in [1.29, 1.82) is 0 Å². The predicted molar refractivity (Wildman–Crippen MR) is 68.7 cm³/mol. The minimum absolute atomic E-state index is 0.0244. The van der Waals surface area contributed by atoms with E-state index in [1.54, 1.807) is 0 Å². The van der Waals surface area contributed by atoms with Crippen molar-refractivity contribution in [3.63, 3.8) is 0 Å². The Labute approximate surface area is 100 Å². The van der Waals surface area contributed by atoms with Gasteiger partial charge in [0.15, 0.2) is 0 Å². The maximum absolute atomic E-state index is 11.6. The van der Waals surface area contributed by atoms with Gasteiger partial charge in [-0.3, -0.25) is 0 Å². The highest BCUT2D eigenvalue weighted by atomic mass is 32.2. The van der Waals surface area contributed by atoms with E-state index in [9.17, 15) is 8.42 Å². The lowest BCUT2D eigenvalue weighted by atomic mass is 9.88. The van der Waals surface area contributed by atoms with Crippen molar-refractivity contribution in [3.8, 4) is 0 Å². The molecular weight excluding hydrogens is 224 g/mol. The predicted octanol–water partition coefficient (Wildman–Crippen LogP) is 1.33. The van der Waals surface area contributed by atoms with Crippen molar-refractivity contribution in [2.24, 2.45) is 17.1 Å². The van der Waals surface area contributed by atoms with E-state index in [-0.39, 0.29) is 17.1 Å². The van der Waals surface area contributed by atoms with Gasteiger partial charge in [0.2, 0.25) is 10.0 Å². The van der Waals surface area contributed by atoms with Gasteiger partial charge in [-0.05, 0) is 30.7 Å². The molecule has 0 fully saturated rings. The number of hydrogen-bond acceptors (Lipinski definition) is 3. The quantitative estimate of drug-likeness (QED) is 0.682. The molecule has 0 saturated heterocycles. The van der Waals surface area contributed by atoms with Gasteiger partial charge in [0.1, 0.15) is 0 Å². The molecule has 0 bridgehead atoms. The summed E-state index contributed by atoms with van der Waals surface area (Å²) in [5, 5.41) is 0. The van der Waals surface area contributed by atoms with Crippen LogP contribution in [0.1, 0.15) is 40.5 Å². The Kier molecular flexibility index (Phi) is 6.51. The molecule has 4 nitrogen and oxygen atoms in total. The normalized spacial score (nSPS) is 13.4. The zero-order chi connectivity index (χ0) is 12.8. The van der Waals surface area contributed by atoms with E-state index >= 15 is 0 Å². The van der Waals surface area contributed by atoms with E-state index in [2.05, 4.69) is 18.6 Å². The second-order valence-electron chi connectivity index (χ2n) is 5.55. The molecule has 0 radical (unpaired) electrons. The van der Waals surface area contributed by atoms with Gasteiger partial charge in [-0.25, -0.2) is 13.1 Å². The molecule has 5 heteroatoms. The second-order valence-corrected chi connectivity index (χ2v) is 7.40. The Morgan fingerprint density at radius 1 is 1.31 bits per heavy atom. The first-order valence-electron chi connectivity index (χ1n) is 5.86. The molecule has 0 heterocycles. The highest BCUT2D eigenvalue weighted by Gasteiger charge is 2.21. The van der Waals surface area contributed by atoms with Crippen molar-refractivity contribution < 1.29 is 8.42 Å². The zero-order valence-electron chi connectivity index (χ0n) is 10.9. The number of nitrogens with two attached hydrogens (primary N) is 1. The summed E-state index contributed by atoms with van der Waals surface area (Å²) in [6.07, 6.45) is 1.87. The third-order valence-electron chi connectivity index (χ3n) is 2.38. The van der Waals surface area contributed by atoms with Crippen LogP contribution in [0.15, 0.2) is 0 Å². The molecule has 0 amide bonds. The Hall–Kier alpha value is -0.130. The van der Waals surface area contributed by atoms with Gasteiger partial charge in [0.25, 0.3) is 0 Å². The van der Waals surface area contributed by atoms with Gasteiger partial charge in [0.05, 0.1) is 5.75 Å². The van der Waals surface area contributed by atoms with Gasteiger partial charge in [-0.15, -0.1) is 0 Å². The average Bonchev–Trinajstić information content (AvgIpc) is 2.10. The van der Waals surface area contributed by atoms with Crippen LogP contribution in [0.3, 0.4) is 0 Å². The highest BCUT2D eigenvalue weighted by Crippen LogP contribution is 2.20. The van der Waals surface area contributed by atoms with Crippen LogP contribution in [0.25, 0.3) is 0 Å². The van der Waals surface area contributed by atoms with Gasteiger partial charge >= 0.3 is 0 Å². The van der Waals surface area contributed by atoms with Crippen LogP contribution in [0, 0.1) is 11.3 Å². The van der Waals surface area contributed by atoms with Gasteiger partial charge in [0, 0.05) is 6.54 Å². The number of sulfonamides is 1. The second kappa shape index (κ2) is 6.57. The fourth-order valence-corrected chi connectivity index (χ4v) is 3.08. The van der Waals surface area contributed by atoms with E-state index in [0.29, 0.717) is 13.1 Å². The van der Waals surface area contributed by atoms with E-state index < -0.39 is 10.0 Å². The summed E-state index contributed by atoms with van der Waals surface area (Å²) < 4.78 is 25.9. The third-order valence-corrected chi connectivity index (χ3v) is 4.07. The molecule has 0 aliphatic heterocycles. The van der Waals surface area contributed by atoms with Crippen LogP contribution >= 0.6 is 0 Å². The van der Waals surface area contributed by atoms with Crippen LogP contribution in [0.2, 0.25) is 0 Å². The molecule has 3 N–H and O–H groups in total. The molecule has 0 unspecified atom stereocenters. The number of rotatable bonds is 8. The summed E-state index contributed by atoms with van der Waals surface area (Å²) in [6, 6.07) is 0. The average molecular weight is 250 g/mol. The topological polar surface area (TPSA) is 72.2 Å². The van der Waals surface area contributed by atoms with Crippen molar-refractivity contribution >= 4 is 10.0 Å². The SMILES string of the molecule is CC(C)CS(=O)(=O)NCC(C)(C)CCCN. The molecule has 0 spiro atoms. The molecule has 0 aromatic rings. The number of nitrogens with one attached hydrogen (secondary N) is 1. The maximum Gasteiger partial charge on any atom is 0.211 e. The van der Waals surface area contributed by atoms with Crippen LogP contribution < -0.4 is 10.5 Å². The lowest BCUT2D eigenvalue weighted by Gasteiger charge is -2.24. The summed E-state index contributed by atoms with van der Waals surface area (Å²) in [4.78, 5) is 0. The smallest absolute Gasteiger partial charge is 0.211 e. The first kappa shape index (κ1) is 15.9. The van der Waals surface area contributed by atoms with E-state index in [1.807, 2.05) is 13.8 Å². The van der Waals surface area contributed by atoms with Crippen LogP contribution in [-0.4, -0.2) is 27.3 Å². The lowest BCUT2D eigenvalue weighted by Crippen LogP contribution is -2.36. The number of hydrogen-bond donors (Lipinski definition) is 2. The van der Waals surface area contributed by atoms with Crippen LogP contribution in [0.4, 0.5) is 0 Å². The largest absolute Gasteiger partial charge is 0.330 e. The molecule has 0 saturated carbocycles. The maximum atomic E-state index is 11.6. The summed E-state index contributed by atoms with van der Waals surface area (Å²) in [7, 11) is -3.12.